The molecule has 0 radical (unpaired) electrons. The van der Waals surface area contributed by atoms with Gasteiger partial charge < -0.3 is 15.5 Å². The van der Waals surface area contributed by atoms with E-state index in [1.165, 1.54) is 4.90 Å². The van der Waals surface area contributed by atoms with Gasteiger partial charge in [0.15, 0.2) is 0 Å². The smallest absolute Gasteiger partial charge is 0.327 e. The summed E-state index contributed by atoms with van der Waals surface area (Å²) in [6.45, 7) is 2.46. The highest BCUT2D eigenvalue weighted by molar-refractivity contribution is 6.06. The minimum absolute atomic E-state index is 0.0818. The Hall–Kier alpha value is -2.41. The highest BCUT2D eigenvalue weighted by Crippen LogP contribution is 2.35. The number of piperidine rings is 1. The molecule has 2 aliphatic heterocycles. The molecule has 2 heterocycles. The van der Waals surface area contributed by atoms with E-state index in [4.69, 9.17) is 5.73 Å². The van der Waals surface area contributed by atoms with Gasteiger partial charge in [-0.05, 0) is 37.0 Å². The molecule has 1 aromatic rings. The van der Waals surface area contributed by atoms with Crippen molar-refractivity contribution >= 4 is 17.8 Å². The van der Waals surface area contributed by atoms with E-state index in [1.54, 1.807) is 31.1 Å². The van der Waals surface area contributed by atoms with Crippen molar-refractivity contribution in [2.75, 3.05) is 33.7 Å². The SMILES string of the molecule is CN1C(=O)N(C)C2(CCN(CCc3ccc(C(N)=O)cc3)CC2)C1=O. The van der Waals surface area contributed by atoms with Gasteiger partial charge in [0.2, 0.25) is 5.91 Å². The third-order valence-electron chi connectivity index (χ3n) is 5.56. The van der Waals surface area contributed by atoms with Crippen LogP contribution in [0.5, 0.6) is 0 Å². The summed E-state index contributed by atoms with van der Waals surface area (Å²) in [5, 5.41) is 0. The molecule has 2 saturated heterocycles. The van der Waals surface area contributed by atoms with Crippen molar-refractivity contribution in [1.29, 1.82) is 0 Å². The van der Waals surface area contributed by atoms with Crippen molar-refractivity contribution in [2.45, 2.75) is 24.8 Å². The fourth-order valence-corrected chi connectivity index (χ4v) is 3.77. The molecule has 7 heteroatoms. The first-order valence-corrected chi connectivity index (χ1v) is 8.52. The number of hydrogen-bond donors (Lipinski definition) is 1. The zero-order valence-electron chi connectivity index (χ0n) is 14.7. The summed E-state index contributed by atoms with van der Waals surface area (Å²) in [6, 6.07) is 7.13. The number of likely N-dealkylation sites (tertiary alicyclic amines) is 1. The van der Waals surface area contributed by atoms with Gasteiger partial charge in [0.1, 0.15) is 5.54 Å². The number of carbonyl (C=O) groups is 3. The molecule has 134 valence electrons. The predicted octanol–water partition coefficient (Wildman–Crippen LogP) is 0.686. The summed E-state index contributed by atoms with van der Waals surface area (Å²) in [7, 11) is 3.28. The van der Waals surface area contributed by atoms with Gasteiger partial charge >= 0.3 is 6.03 Å². The van der Waals surface area contributed by atoms with Crippen LogP contribution >= 0.6 is 0 Å². The standard InChI is InChI=1S/C18H24N4O3/c1-20-16(24)18(21(2)17(20)25)8-11-22(12-9-18)10-7-13-3-5-14(6-4-13)15(19)23/h3-6H,7-12H2,1-2H3,(H2,19,23). The molecule has 1 aromatic carbocycles. The van der Waals surface area contributed by atoms with Crippen LogP contribution in [0.4, 0.5) is 4.79 Å². The highest BCUT2D eigenvalue weighted by Gasteiger charge is 2.55. The number of primary amides is 1. The van der Waals surface area contributed by atoms with E-state index in [9.17, 15) is 14.4 Å². The van der Waals surface area contributed by atoms with Crippen LogP contribution in [0.2, 0.25) is 0 Å². The molecular weight excluding hydrogens is 320 g/mol. The summed E-state index contributed by atoms with van der Waals surface area (Å²) in [4.78, 5) is 40.8. The molecule has 2 fully saturated rings. The Labute approximate surface area is 147 Å². The maximum atomic E-state index is 12.5. The molecule has 4 amide bonds. The van der Waals surface area contributed by atoms with E-state index in [-0.39, 0.29) is 11.9 Å². The third-order valence-corrected chi connectivity index (χ3v) is 5.56. The lowest BCUT2D eigenvalue weighted by Crippen LogP contribution is -2.55. The topological polar surface area (TPSA) is 86.9 Å². The van der Waals surface area contributed by atoms with Crippen LogP contribution in [0.1, 0.15) is 28.8 Å². The number of carbonyl (C=O) groups excluding carboxylic acids is 3. The van der Waals surface area contributed by atoms with Crippen molar-refractivity contribution in [3.05, 3.63) is 35.4 Å². The molecule has 0 unspecified atom stereocenters. The number of amides is 4. The summed E-state index contributed by atoms with van der Waals surface area (Å²) < 4.78 is 0. The van der Waals surface area contributed by atoms with Crippen molar-refractivity contribution < 1.29 is 14.4 Å². The Balaban J connectivity index is 1.55. The second-order valence-corrected chi connectivity index (χ2v) is 6.89. The van der Waals surface area contributed by atoms with Crippen molar-refractivity contribution in [3.63, 3.8) is 0 Å². The Morgan fingerprint density at radius 2 is 1.72 bits per heavy atom. The molecule has 2 N–H and O–H groups in total. The van der Waals surface area contributed by atoms with Crippen molar-refractivity contribution in [3.8, 4) is 0 Å². The number of imide groups is 1. The first-order chi connectivity index (χ1) is 11.8. The number of rotatable bonds is 4. The minimum Gasteiger partial charge on any atom is -0.366 e. The van der Waals surface area contributed by atoms with Gasteiger partial charge in [-0.2, -0.15) is 0 Å². The van der Waals surface area contributed by atoms with E-state index in [2.05, 4.69) is 4.90 Å². The second kappa shape index (κ2) is 6.48. The second-order valence-electron chi connectivity index (χ2n) is 6.89. The maximum Gasteiger partial charge on any atom is 0.327 e. The Morgan fingerprint density at radius 3 is 2.20 bits per heavy atom. The fraction of sp³-hybridized carbons (Fsp3) is 0.500. The number of nitrogens with zero attached hydrogens (tertiary/aromatic N) is 3. The van der Waals surface area contributed by atoms with Crippen LogP contribution < -0.4 is 5.73 Å². The molecule has 2 aliphatic rings. The molecule has 0 aromatic heterocycles. The number of likely N-dealkylation sites (N-methyl/N-ethyl adjacent to an activating group) is 2. The van der Waals surface area contributed by atoms with Gasteiger partial charge in [-0.1, -0.05) is 12.1 Å². The van der Waals surface area contributed by atoms with Crippen molar-refractivity contribution in [2.24, 2.45) is 5.73 Å². The van der Waals surface area contributed by atoms with E-state index in [0.717, 1.165) is 31.6 Å². The average Bonchev–Trinajstić information content (AvgIpc) is 2.78. The van der Waals surface area contributed by atoms with Crippen LogP contribution in [0.25, 0.3) is 0 Å². The fourth-order valence-electron chi connectivity index (χ4n) is 3.77. The summed E-state index contributed by atoms with van der Waals surface area (Å²) in [5.74, 6) is -0.501. The molecule has 0 aliphatic carbocycles. The summed E-state index contributed by atoms with van der Waals surface area (Å²) in [6.07, 6.45) is 2.20. The predicted molar refractivity (Wildman–Crippen MR) is 93.0 cm³/mol. The van der Waals surface area contributed by atoms with Crippen LogP contribution in [0.15, 0.2) is 24.3 Å². The quantitative estimate of drug-likeness (QED) is 0.814. The van der Waals surface area contributed by atoms with Crippen molar-refractivity contribution in [1.82, 2.24) is 14.7 Å². The third kappa shape index (κ3) is 3.00. The molecular formula is C18H24N4O3. The number of benzene rings is 1. The Morgan fingerprint density at radius 1 is 1.12 bits per heavy atom. The Bertz CT molecular complexity index is 693. The molecule has 0 saturated carbocycles. The lowest BCUT2D eigenvalue weighted by Gasteiger charge is -2.40. The van der Waals surface area contributed by atoms with Crippen LogP contribution in [0, 0.1) is 0 Å². The molecule has 7 nitrogen and oxygen atoms in total. The minimum atomic E-state index is -0.661. The number of hydrogen-bond acceptors (Lipinski definition) is 4. The van der Waals surface area contributed by atoms with Crippen LogP contribution in [-0.4, -0.2) is 71.8 Å². The molecule has 0 atom stereocenters. The molecule has 25 heavy (non-hydrogen) atoms. The van der Waals surface area contributed by atoms with Gasteiger partial charge in [-0.15, -0.1) is 0 Å². The number of nitrogens with two attached hydrogens (primary N) is 1. The van der Waals surface area contributed by atoms with Crippen LogP contribution in [-0.2, 0) is 11.2 Å². The van der Waals surface area contributed by atoms with Gasteiger partial charge in [-0.25, -0.2) is 4.79 Å². The highest BCUT2D eigenvalue weighted by atomic mass is 16.2. The van der Waals surface area contributed by atoms with E-state index in [1.807, 2.05) is 12.1 Å². The van der Waals surface area contributed by atoms with E-state index in [0.29, 0.717) is 18.4 Å². The van der Waals surface area contributed by atoms with E-state index >= 15 is 0 Å². The molecule has 3 rings (SSSR count). The normalized spacial score (nSPS) is 20.6. The van der Waals surface area contributed by atoms with Gasteiger partial charge in [0.25, 0.3) is 5.91 Å². The lowest BCUT2D eigenvalue weighted by atomic mass is 9.86. The maximum absolute atomic E-state index is 12.5. The first-order valence-electron chi connectivity index (χ1n) is 8.52. The average molecular weight is 344 g/mol. The molecule has 0 bridgehead atoms. The van der Waals surface area contributed by atoms with E-state index < -0.39 is 11.4 Å². The number of urea groups is 1. The largest absolute Gasteiger partial charge is 0.366 e. The monoisotopic (exact) mass is 344 g/mol. The van der Waals surface area contributed by atoms with Gasteiger partial charge in [-0.3, -0.25) is 14.5 Å². The van der Waals surface area contributed by atoms with Gasteiger partial charge in [0.05, 0.1) is 0 Å². The zero-order valence-corrected chi connectivity index (χ0v) is 14.7. The van der Waals surface area contributed by atoms with Gasteiger partial charge in [0, 0.05) is 39.3 Å². The first kappa shape index (κ1) is 17.4. The molecule has 1 spiro atoms. The lowest BCUT2D eigenvalue weighted by molar-refractivity contribution is -0.134. The summed E-state index contributed by atoms with van der Waals surface area (Å²) >= 11 is 0. The van der Waals surface area contributed by atoms with Crippen LogP contribution in [0.3, 0.4) is 0 Å². The zero-order chi connectivity index (χ0) is 18.2. The Kier molecular flexibility index (Phi) is 4.51. The summed E-state index contributed by atoms with van der Waals surface area (Å²) in [5.41, 5.74) is 6.25.